The lowest BCUT2D eigenvalue weighted by atomic mass is 9.98. The molecule has 0 saturated heterocycles. The molecular formula is C15H24N2O3S. The van der Waals surface area contributed by atoms with Crippen molar-refractivity contribution in [3.8, 4) is 0 Å². The van der Waals surface area contributed by atoms with Gasteiger partial charge >= 0.3 is 5.97 Å². The van der Waals surface area contributed by atoms with E-state index in [9.17, 15) is 9.59 Å². The maximum Gasteiger partial charge on any atom is 0.308 e. The molecule has 0 aliphatic rings. The van der Waals surface area contributed by atoms with Crippen LogP contribution < -0.4 is 5.32 Å². The summed E-state index contributed by atoms with van der Waals surface area (Å²) >= 11 is 1.55. The van der Waals surface area contributed by atoms with Crippen molar-refractivity contribution in [1.29, 1.82) is 0 Å². The van der Waals surface area contributed by atoms with Crippen LogP contribution in [0, 0.1) is 5.92 Å². The zero-order valence-electron chi connectivity index (χ0n) is 13.1. The number of nitrogens with zero attached hydrogens (tertiary/aromatic N) is 1. The Bertz CT molecular complexity index is 491. The van der Waals surface area contributed by atoms with Crippen LogP contribution in [0.15, 0.2) is 5.38 Å². The summed E-state index contributed by atoms with van der Waals surface area (Å²) in [5.74, 6) is -1.55. The molecule has 1 aromatic heterocycles. The Hall–Kier alpha value is -1.43. The highest BCUT2D eigenvalue weighted by Crippen LogP contribution is 2.25. The SMILES string of the molecule is CCCC(CNC(=O)Cc1csc(C(C)(C)C)n1)C(=O)O. The van der Waals surface area contributed by atoms with Gasteiger partial charge in [-0.25, -0.2) is 4.98 Å². The van der Waals surface area contributed by atoms with Crippen molar-refractivity contribution in [2.24, 2.45) is 5.92 Å². The van der Waals surface area contributed by atoms with E-state index in [0.29, 0.717) is 6.42 Å². The van der Waals surface area contributed by atoms with Crippen LogP contribution in [0.1, 0.15) is 51.2 Å². The van der Waals surface area contributed by atoms with Gasteiger partial charge in [0.25, 0.3) is 0 Å². The second-order valence-electron chi connectivity index (χ2n) is 6.20. The highest BCUT2D eigenvalue weighted by atomic mass is 32.1. The van der Waals surface area contributed by atoms with Gasteiger partial charge in [-0.2, -0.15) is 0 Å². The van der Waals surface area contributed by atoms with Gasteiger partial charge in [-0.1, -0.05) is 34.1 Å². The van der Waals surface area contributed by atoms with Crippen molar-refractivity contribution in [1.82, 2.24) is 10.3 Å². The van der Waals surface area contributed by atoms with Gasteiger partial charge in [0.2, 0.25) is 5.91 Å². The highest BCUT2D eigenvalue weighted by Gasteiger charge is 2.20. The molecular weight excluding hydrogens is 288 g/mol. The number of carbonyl (C=O) groups is 2. The van der Waals surface area contributed by atoms with Crippen LogP contribution in [0.25, 0.3) is 0 Å². The average molecular weight is 312 g/mol. The molecule has 0 aliphatic carbocycles. The van der Waals surface area contributed by atoms with Gasteiger partial charge in [0.1, 0.15) is 0 Å². The molecule has 0 radical (unpaired) electrons. The third-order valence-corrected chi connectivity index (χ3v) is 4.38. The predicted octanol–water partition coefficient (Wildman–Crippen LogP) is 2.60. The summed E-state index contributed by atoms with van der Waals surface area (Å²) < 4.78 is 0. The molecule has 0 saturated carbocycles. The summed E-state index contributed by atoms with van der Waals surface area (Å²) in [6.45, 7) is 8.35. The van der Waals surface area contributed by atoms with Crippen molar-refractivity contribution in [2.45, 2.75) is 52.4 Å². The van der Waals surface area contributed by atoms with Crippen LogP contribution in [0.3, 0.4) is 0 Å². The van der Waals surface area contributed by atoms with Gasteiger partial charge in [-0.05, 0) is 6.42 Å². The Labute approximate surface area is 129 Å². The van der Waals surface area contributed by atoms with Crippen molar-refractivity contribution in [3.63, 3.8) is 0 Å². The van der Waals surface area contributed by atoms with Gasteiger partial charge < -0.3 is 10.4 Å². The molecule has 0 bridgehead atoms. The fraction of sp³-hybridized carbons (Fsp3) is 0.667. The lowest BCUT2D eigenvalue weighted by molar-refractivity contribution is -0.141. The number of thiazole rings is 1. The zero-order valence-corrected chi connectivity index (χ0v) is 13.9. The number of hydrogen-bond acceptors (Lipinski definition) is 4. The molecule has 0 aliphatic heterocycles. The molecule has 0 fully saturated rings. The number of hydrogen-bond donors (Lipinski definition) is 2. The molecule has 118 valence electrons. The molecule has 1 aromatic rings. The fourth-order valence-electron chi connectivity index (χ4n) is 1.86. The van der Waals surface area contributed by atoms with E-state index < -0.39 is 11.9 Å². The van der Waals surface area contributed by atoms with Gasteiger partial charge in [-0.15, -0.1) is 11.3 Å². The Balaban J connectivity index is 2.50. The molecule has 1 atom stereocenters. The maximum atomic E-state index is 11.9. The highest BCUT2D eigenvalue weighted by molar-refractivity contribution is 7.09. The third-order valence-electron chi connectivity index (χ3n) is 3.07. The second kappa shape index (κ2) is 7.54. The largest absolute Gasteiger partial charge is 0.481 e. The molecule has 2 N–H and O–H groups in total. The minimum atomic E-state index is -0.860. The number of aliphatic carboxylic acids is 1. The first-order chi connectivity index (χ1) is 9.74. The fourth-order valence-corrected chi connectivity index (χ4v) is 2.77. The predicted molar refractivity (Wildman–Crippen MR) is 83.6 cm³/mol. The van der Waals surface area contributed by atoms with E-state index in [-0.39, 0.29) is 24.3 Å². The van der Waals surface area contributed by atoms with Crippen LogP contribution in [0.4, 0.5) is 0 Å². The molecule has 6 heteroatoms. The van der Waals surface area contributed by atoms with Crippen molar-refractivity contribution in [3.05, 3.63) is 16.1 Å². The lowest BCUT2D eigenvalue weighted by Gasteiger charge is -2.13. The van der Waals surface area contributed by atoms with Crippen molar-refractivity contribution >= 4 is 23.2 Å². The van der Waals surface area contributed by atoms with Crippen LogP contribution in [-0.4, -0.2) is 28.5 Å². The van der Waals surface area contributed by atoms with Gasteiger partial charge in [0.15, 0.2) is 0 Å². The number of rotatable bonds is 7. The number of nitrogens with one attached hydrogen (secondary N) is 1. The minimum Gasteiger partial charge on any atom is -0.481 e. The minimum absolute atomic E-state index is 0.0189. The van der Waals surface area contributed by atoms with E-state index in [0.717, 1.165) is 17.1 Å². The summed E-state index contributed by atoms with van der Waals surface area (Å²) in [5, 5.41) is 14.6. The molecule has 5 nitrogen and oxygen atoms in total. The summed E-state index contributed by atoms with van der Waals surface area (Å²) in [7, 11) is 0. The van der Waals surface area contributed by atoms with E-state index in [4.69, 9.17) is 5.11 Å². The summed E-state index contributed by atoms with van der Waals surface area (Å²) in [6, 6.07) is 0. The van der Waals surface area contributed by atoms with Crippen LogP contribution in [0.5, 0.6) is 0 Å². The molecule has 1 rings (SSSR count). The molecule has 1 amide bonds. The quantitative estimate of drug-likeness (QED) is 0.811. The Morgan fingerprint density at radius 3 is 2.57 bits per heavy atom. The molecule has 1 heterocycles. The van der Waals surface area contributed by atoms with E-state index >= 15 is 0 Å². The summed E-state index contributed by atoms with van der Waals surface area (Å²) in [5.41, 5.74) is 0.722. The molecule has 0 spiro atoms. The number of carboxylic acid groups (broad SMARTS) is 1. The molecule has 1 unspecified atom stereocenters. The first-order valence-corrected chi connectivity index (χ1v) is 8.06. The average Bonchev–Trinajstić information content (AvgIpc) is 2.82. The van der Waals surface area contributed by atoms with Gasteiger partial charge in [0.05, 0.1) is 23.0 Å². The normalized spacial score (nSPS) is 13.0. The number of carbonyl (C=O) groups excluding carboxylic acids is 1. The summed E-state index contributed by atoms with van der Waals surface area (Å²) in [6.07, 6.45) is 1.55. The van der Waals surface area contributed by atoms with Crippen molar-refractivity contribution < 1.29 is 14.7 Å². The van der Waals surface area contributed by atoms with Crippen LogP contribution in [0.2, 0.25) is 0 Å². The Morgan fingerprint density at radius 1 is 1.43 bits per heavy atom. The van der Waals surface area contributed by atoms with E-state index in [2.05, 4.69) is 31.1 Å². The second-order valence-corrected chi connectivity index (χ2v) is 7.06. The van der Waals surface area contributed by atoms with E-state index in [1.54, 1.807) is 11.3 Å². The Morgan fingerprint density at radius 2 is 2.10 bits per heavy atom. The smallest absolute Gasteiger partial charge is 0.308 e. The van der Waals surface area contributed by atoms with E-state index in [1.165, 1.54) is 0 Å². The van der Waals surface area contributed by atoms with E-state index in [1.807, 2.05) is 12.3 Å². The lowest BCUT2D eigenvalue weighted by Crippen LogP contribution is -2.33. The van der Waals surface area contributed by atoms with Crippen LogP contribution >= 0.6 is 11.3 Å². The van der Waals surface area contributed by atoms with Gasteiger partial charge in [0, 0.05) is 17.3 Å². The van der Waals surface area contributed by atoms with Crippen LogP contribution in [-0.2, 0) is 21.4 Å². The van der Waals surface area contributed by atoms with Crippen molar-refractivity contribution in [2.75, 3.05) is 6.54 Å². The molecule has 21 heavy (non-hydrogen) atoms. The first kappa shape index (κ1) is 17.6. The number of amides is 1. The maximum absolute atomic E-state index is 11.9. The third kappa shape index (κ3) is 5.83. The standard InChI is InChI=1S/C15H24N2O3S/c1-5-6-10(13(19)20)8-16-12(18)7-11-9-21-14(17-11)15(2,3)4/h9-10H,5-8H2,1-4H3,(H,16,18)(H,19,20). The zero-order chi connectivity index (χ0) is 16.0. The first-order valence-electron chi connectivity index (χ1n) is 7.18. The number of carboxylic acids is 1. The number of aromatic nitrogens is 1. The molecule has 0 aromatic carbocycles. The van der Waals surface area contributed by atoms with Gasteiger partial charge in [-0.3, -0.25) is 9.59 Å². The Kier molecular flexibility index (Phi) is 6.33. The topological polar surface area (TPSA) is 79.3 Å². The summed E-state index contributed by atoms with van der Waals surface area (Å²) in [4.78, 5) is 27.3. The monoisotopic (exact) mass is 312 g/mol.